The molecule has 0 bridgehead atoms. The van der Waals surface area contributed by atoms with E-state index < -0.39 is 0 Å². The average Bonchev–Trinajstić information content (AvgIpc) is 2.90. The lowest BCUT2D eigenvalue weighted by atomic mass is 10.3. The van der Waals surface area contributed by atoms with Gasteiger partial charge in [0.15, 0.2) is 0 Å². The van der Waals surface area contributed by atoms with Crippen molar-refractivity contribution in [2.75, 3.05) is 31.3 Å². The van der Waals surface area contributed by atoms with E-state index in [4.69, 9.17) is 11.2 Å². The first-order valence-corrected chi connectivity index (χ1v) is 7.66. The lowest BCUT2D eigenvalue weighted by Gasteiger charge is -2.15. The number of rotatable bonds is 4. The van der Waals surface area contributed by atoms with Crippen LogP contribution in [0.1, 0.15) is 12.8 Å². The van der Waals surface area contributed by atoms with Gasteiger partial charge in [-0.1, -0.05) is 19.9 Å². The number of nitrogens with one attached hydrogen (secondary N) is 1. The minimum absolute atomic E-state index is 0.0645. The summed E-state index contributed by atoms with van der Waals surface area (Å²) in [6.07, 6.45) is 10.7. The van der Waals surface area contributed by atoms with E-state index in [2.05, 4.69) is 29.4 Å². The molecule has 2 nitrogen and oxygen atoms in total. The maximum atomic E-state index is 5.42. The van der Waals surface area contributed by atoms with Crippen LogP contribution in [0.5, 0.6) is 5.75 Å². The van der Waals surface area contributed by atoms with Crippen molar-refractivity contribution in [1.29, 1.82) is 0 Å². The van der Waals surface area contributed by atoms with Gasteiger partial charge < -0.3 is 10.1 Å². The SMILES string of the molecule is C#CCNc1ccc(P2CCCC2)cc1OC. The lowest BCUT2D eigenvalue weighted by molar-refractivity contribution is 0.417. The molecule has 1 heterocycles. The number of ether oxygens (including phenoxy) is 1. The zero-order valence-electron chi connectivity index (χ0n) is 10.2. The fourth-order valence-electron chi connectivity index (χ4n) is 2.14. The zero-order valence-corrected chi connectivity index (χ0v) is 11.1. The number of hydrogen-bond donors (Lipinski definition) is 1. The second kappa shape index (κ2) is 5.94. The van der Waals surface area contributed by atoms with Gasteiger partial charge in [0.1, 0.15) is 5.75 Å². The van der Waals surface area contributed by atoms with Gasteiger partial charge in [0, 0.05) is 0 Å². The number of methoxy groups -OCH3 is 1. The molecule has 2 rings (SSSR count). The molecule has 3 heteroatoms. The van der Waals surface area contributed by atoms with Gasteiger partial charge in [0.25, 0.3) is 0 Å². The smallest absolute Gasteiger partial charge is 0.142 e. The largest absolute Gasteiger partial charge is 0.495 e. The summed E-state index contributed by atoms with van der Waals surface area (Å²) < 4.78 is 5.42. The normalized spacial score (nSPS) is 15.5. The Bertz CT molecular complexity index is 419. The van der Waals surface area contributed by atoms with Crippen molar-refractivity contribution in [3.8, 4) is 18.1 Å². The first-order valence-electron chi connectivity index (χ1n) is 5.95. The van der Waals surface area contributed by atoms with Crippen molar-refractivity contribution < 1.29 is 4.74 Å². The molecule has 0 saturated carbocycles. The maximum Gasteiger partial charge on any atom is 0.142 e. The summed E-state index contributed by atoms with van der Waals surface area (Å²) in [5, 5.41) is 4.64. The molecule has 1 fully saturated rings. The highest BCUT2D eigenvalue weighted by Gasteiger charge is 2.17. The number of hydrogen-bond acceptors (Lipinski definition) is 2. The molecule has 0 amide bonds. The van der Waals surface area contributed by atoms with Crippen LogP contribution < -0.4 is 15.4 Å². The first-order chi connectivity index (χ1) is 8.35. The summed E-state index contributed by atoms with van der Waals surface area (Å²) in [5.41, 5.74) is 0.989. The highest BCUT2D eigenvalue weighted by atomic mass is 31.1. The summed E-state index contributed by atoms with van der Waals surface area (Å²) in [6, 6.07) is 6.49. The van der Waals surface area contributed by atoms with Crippen LogP contribution in [0.3, 0.4) is 0 Å². The van der Waals surface area contributed by atoms with E-state index in [1.54, 1.807) is 7.11 Å². The Morgan fingerprint density at radius 3 is 2.82 bits per heavy atom. The van der Waals surface area contributed by atoms with E-state index in [0.717, 1.165) is 11.4 Å². The standard InChI is InChI=1S/C14H18NOP/c1-3-8-15-13-7-6-12(11-14(13)16-2)17-9-4-5-10-17/h1,6-7,11,15H,4-5,8-10H2,2H3. The fourth-order valence-corrected chi connectivity index (χ4v) is 4.68. The molecule has 1 aromatic carbocycles. The van der Waals surface area contributed by atoms with Crippen LogP contribution in [0.4, 0.5) is 5.69 Å². The van der Waals surface area contributed by atoms with E-state index >= 15 is 0 Å². The zero-order chi connectivity index (χ0) is 12.1. The van der Waals surface area contributed by atoms with Gasteiger partial charge in [-0.05, 0) is 42.6 Å². The fraction of sp³-hybridized carbons (Fsp3) is 0.429. The summed E-state index contributed by atoms with van der Waals surface area (Å²) in [4.78, 5) is 0. The van der Waals surface area contributed by atoms with Gasteiger partial charge in [-0.25, -0.2) is 0 Å². The Morgan fingerprint density at radius 1 is 1.41 bits per heavy atom. The number of anilines is 1. The third kappa shape index (κ3) is 2.93. The van der Waals surface area contributed by atoms with E-state index in [1.165, 1.54) is 30.5 Å². The van der Waals surface area contributed by atoms with Gasteiger partial charge in [0.05, 0.1) is 19.3 Å². The molecule has 1 N–H and O–H groups in total. The Hall–Kier alpha value is -1.19. The van der Waals surface area contributed by atoms with E-state index in [-0.39, 0.29) is 7.92 Å². The lowest BCUT2D eigenvalue weighted by Crippen LogP contribution is -2.06. The van der Waals surface area contributed by atoms with Crippen LogP contribution >= 0.6 is 7.92 Å². The molecular weight excluding hydrogens is 229 g/mol. The van der Waals surface area contributed by atoms with Crippen LogP contribution in [0.15, 0.2) is 18.2 Å². The third-order valence-electron chi connectivity index (χ3n) is 3.04. The van der Waals surface area contributed by atoms with Crippen LogP contribution in [0.2, 0.25) is 0 Å². The van der Waals surface area contributed by atoms with Gasteiger partial charge in [-0.15, -0.1) is 6.42 Å². The second-order valence-corrected chi connectivity index (χ2v) is 6.63. The second-order valence-electron chi connectivity index (χ2n) is 4.14. The molecule has 0 aromatic heterocycles. The minimum Gasteiger partial charge on any atom is -0.495 e. The molecular formula is C14H18NOP. The van der Waals surface area contributed by atoms with Crippen molar-refractivity contribution >= 4 is 18.9 Å². The molecule has 0 aliphatic carbocycles. The number of terminal acetylenes is 1. The van der Waals surface area contributed by atoms with E-state index in [0.29, 0.717) is 6.54 Å². The van der Waals surface area contributed by atoms with Crippen LogP contribution in [0, 0.1) is 12.3 Å². The Morgan fingerprint density at radius 2 is 2.18 bits per heavy atom. The summed E-state index contributed by atoms with van der Waals surface area (Å²) in [7, 11) is 1.77. The topological polar surface area (TPSA) is 21.3 Å². The quantitative estimate of drug-likeness (QED) is 0.652. The maximum absolute atomic E-state index is 5.42. The molecule has 1 aliphatic rings. The van der Waals surface area contributed by atoms with Crippen molar-refractivity contribution in [3.05, 3.63) is 18.2 Å². The summed E-state index contributed by atoms with van der Waals surface area (Å²) >= 11 is 0. The van der Waals surface area contributed by atoms with Gasteiger partial charge in [0.2, 0.25) is 0 Å². The summed E-state index contributed by atoms with van der Waals surface area (Å²) in [5.74, 6) is 3.48. The predicted molar refractivity (Wildman–Crippen MR) is 75.8 cm³/mol. The highest BCUT2D eigenvalue weighted by Crippen LogP contribution is 2.43. The molecule has 1 aliphatic heterocycles. The van der Waals surface area contributed by atoms with Crippen molar-refractivity contribution in [2.45, 2.75) is 12.8 Å². The van der Waals surface area contributed by atoms with Gasteiger partial charge in [-0.3, -0.25) is 0 Å². The Kier molecular flexibility index (Phi) is 4.29. The monoisotopic (exact) mass is 247 g/mol. The highest BCUT2D eigenvalue weighted by molar-refractivity contribution is 7.65. The predicted octanol–water partition coefficient (Wildman–Crippen LogP) is 2.64. The average molecular weight is 247 g/mol. The Labute approximate surface area is 105 Å². The van der Waals surface area contributed by atoms with Crippen LogP contribution in [-0.4, -0.2) is 26.0 Å². The number of benzene rings is 1. The molecule has 1 aromatic rings. The van der Waals surface area contributed by atoms with Crippen molar-refractivity contribution in [2.24, 2.45) is 0 Å². The summed E-state index contributed by atoms with van der Waals surface area (Å²) in [6.45, 7) is 0.532. The van der Waals surface area contributed by atoms with Crippen LogP contribution in [0.25, 0.3) is 0 Å². The van der Waals surface area contributed by atoms with Gasteiger partial charge in [-0.2, -0.15) is 0 Å². The van der Waals surface area contributed by atoms with Crippen molar-refractivity contribution in [1.82, 2.24) is 0 Å². The first kappa shape index (κ1) is 12.3. The molecule has 0 spiro atoms. The molecule has 17 heavy (non-hydrogen) atoms. The van der Waals surface area contributed by atoms with E-state index in [1.807, 2.05) is 0 Å². The van der Waals surface area contributed by atoms with Gasteiger partial charge >= 0.3 is 0 Å². The molecule has 90 valence electrons. The Balaban J connectivity index is 2.18. The minimum atomic E-state index is 0.0645. The van der Waals surface area contributed by atoms with Crippen LogP contribution in [-0.2, 0) is 0 Å². The third-order valence-corrected chi connectivity index (χ3v) is 5.76. The molecule has 0 unspecified atom stereocenters. The van der Waals surface area contributed by atoms with Crippen molar-refractivity contribution in [3.63, 3.8) is 0 Å². The molecule has 1 saturated heterocycles. The molecule has 0 radical (unpaired) electrons. The van der Waals surface area contributed by atoms with E-state index in [9.17, 15) is 0 Å². The molecule has 0 atom stereocenters.